The van der Waals surface area contributed by atoms with Crippen molar-refractivity contribution in [2.75, 3.05) is 0 Å². The highest BCUT2D eigenvalue weighted by molar-refractivity contribution is 5.93. The van der Waals surface area contributed by atoms with Crippen LogP contribution in [0, 0.1) is 12.8 Å². The number of ether oxygens (including phenoxy) is 1. The molecule has 4 rings (SSSR count). The summed E-state index contributed by atoms with van der Waals surface area (Å²) in [7, 11) is 0. The first-order chi connectivity index (χ1) is 13.2. The van der Waals surface area contributed by atoms with Gasteiger partial charge >= 0.3 is 5.97 Å². The van der Waals surface area contributed by atoms with Crippen molar-refractivity contribution in [3.63, 3.8) is 0 Å². The van der Waals surface area contributed by atoms with Crippen molar-refractivity contribution in [1.82, 2.24) is 14.8 Å². The second-order valence-corrected chi connectivity index (χ2v) is 7.16. The summed E-state index contributed by atoms with van der Waals surface area (Å²) < 4.78 is 7.61. The standard InChI is InChI=1S/C22H23N3O2/c1-16-7-2-5-10-19(16)22(26)27-21-20(11-6-12-23-21)18-13-24-25(15-18)14-17-8-3-4-9-17/h2,5-7,10-13,15,17H,3-4,8-9,14H2,1H3. The zero-order valence-electron chi connectivity index (χ0n) is 15.5. The van der Waals surface area contributed by atoms with Crippen molar-refractivity contribution in [2.24, 2.45) is 5.92 Å². The van der Waals surface area contributed by atoms with E-state index in [1.165, 1.54) is 25.7 Å². The molecule has 2 aromatic heterocycles. The molecule has 0 amide bonds. The van der Waals surface area contributed by atoms with Crippen molar-refractivity contribution in [3.05, 3.63) is 66.1 Å². The molecule has 138 valence electrons. The van der Waals surface area contributed by atoms with E-state index in [0.717, 1.165) is 23.2 Å². The summed E-state index contributed by atoms with van der Waals surface area (Å²) in [5, 5.41) is 4.50. The van der Waals surface area contributed by atoms with Crippen molar-refractivity contribution < 1.29 is 9.53 Å². The van der Waals surface area contributed by atoms with Gasteiger partial charge in [-0.3, -0.25) is 4.68 Å². The Morgan fingerprint density at radius 1 is 1.19 bits per heavy atom. The molecule has 0 N–H and O–H groups in total. The van der Waals surface area contributed by atoms with Crippen LogP contribution in [0.1, 0.15) is 41.6 Å². The second-order valence-electron chi connectivity index (χ2n) is 7.16. The molecule has 1 aromatic carbocycles. The minimum absolute atomic E-state index is 0.311. The van der Waals surface area contributed by atoms with E-state index in [9.17, 15) is 4.79 Å². The zero-order valence-corrected chi connectivity index (χ0v) is 15.5. The van der Waals surface area contributed by atoms with Crippen LogP contribution in [0.4, 0.5) is 0 Å². The number of nitrogens with zero attached hydrogens (tertiary/aromatic N) is 3. The quantitative estimate of drug-likeness (QED) is 0.620. The van der Waals surface area contributed by atoms with Gasteiger partial charge in [0, 0.05) is 30.1 Å². The van der Waals surface area contributed by atoms with Crippen LogP contribution < -0.4 is 4.74 Å². The highest BCUT2D eigenvalue weighted by Gasteiger charge is 2.18. The molecule has 0 aliphatic heterocycles. The highest BCUT2D eigenvalue weighted by Crippen LogP contribution is 2.30. The summed E-state index contributed by atoms with van der Waals surface area (Å²) in [4.78, 5) is 16.9. The number of hydrogen-bond acceptors (Lipinski definition) is 4. The summed E-state index contributed by atoms with van der Waals surface area (Å²) in [6.45, 7) is 2.83. The Hall–Kier alpha value is -2.95. The van der Waals surface area contributed by atoms with Gasteiger partial charge in [-0.05, 0) is 49.4 Å². The Labute approximate surface area is 159 Å². The monoisotopic (exact) mass is 361 g/mol. The van der Waals surface area contributed by atoms with E-state index in [1.807, 2.05) is 54.3 Å². The molecule has 0 bridgehead atoms. The lowest BCUT2D eigenvalue weighted by atomic mass is 10.1. The average molecular weight is 361 g/mol. The Morgan fingerprint density at radius 2 is 2.00 bits per heavy atom. The number of benzene rings is 1. The first-order valence-corrected chi connectivity index (χ1v) is 9.46. The van der Waals surface area contributed by atoms with Gasteiger partial charge in [-0.15, -0.1) is 0 Å². The van der Waals surface area contributed by atoms with Crippen LogP contribution in [-0.4, -0.2) is 20.7 Å². The third-order valence-corrected chi connectivity index (χ3v) is 5.19. The van der Waals surface area contributed by atoms with Crippen LogP contribution in [0.15, 0.2) is 55.0 Å². The molecule has 2 heterocycles. The van der Waals surface area contributed by atoms with Crippen molar-refractivity contribution in [2.45, 2.75) is 39.2 Å². The predicted molar refractivity (Wildman–Crippen MR) is 104 cm³/mol. The summed E-state index contributed by atoms with van der Waals surface area (Å²) in [6.07, 6.45) is 10.7. The van der Waals surface area contributed by atoms with Gasteiger partial charge in [0.1, 0.15) is 0 Å². The van der Waals surface area contributed by atoms with Crippen LogP contribution in [0.3, 0.4) is 0 Å². The Bertz CT molecular complexity index is 942. The topological polar surface area (TPSA) is 57.0 Å². The number of rotatable bonds is 5. The molecule has 1 saturated carbocycles. The van der Waals surface area contributed by atoms with Crippen molar-refractivity contribution in [1.29, 1.82) is 0 Å². The molecule has 0 saturated heterocycles. The molecule has 1 fully saturated rings. The van der Waals surface area contributed by atoms with E-state index in [2.05, 4.69) is 10.1 Å². The average Bonchev–Trinajstić information content (AvgIpc) is 3.35. The fraction of sp³-hybridized carbons (Fsp3) is 0.318. The van der Waals surface area contributed by atoms with E-state index in [1.54, 1.807) is 12.3 Å². The Morgan fingerprint density at radius 3 is 2.81 bits per heavy atom. The molecule has 0 spiro atoms. The summed E-state index contributed by atoms with van der Waals surface area (Å²) in [6, 6.07) is 11.1. The molecule has 27 heavy (non-hydrogen) atoms. The minimum Gasteiger partial charge on any atom is -0.403 e. The van der Waals surface area contributed by atoms with Gasteiger partial charge in [0.15, 0.2) is 0 Å². The molecule has 1 aliphatic rings. The number of esters is 1. The van der Waals surface area contributed by atoms with Crippen molar-refractivity contribution >= 4 is 5.97 Å². The number of carbonyl (C=O) groups excluding carboxylic acids is 1. The third kappa shape index (κ3) is 3.92. The van der Waals surface area contributed by atoms with Gasteiger partial charge in [-0.2, -0.15) is 5.10 Å². The molecular formula is C22H23N3O2. The van der Waals surface area contributed by atoms with E-state index < -0.39 is 5.97 Å². The van der Waals surface area contributed by atoms with Crippen LogP contribution in [-0.2, 0) is 6.54 Å². The number of aromatic nitrogens is 3. The van der Waals surface area contributed by atoms with Gasteiger partial charge in [0.25, 0.3) is 0 Å². The second kappa shape index (κ2) is 7.74. The minimum atomic E-state index is -0.397. The largest absolute Gasteiger partial charge is 0.403 e. The maximum absolute atomic E-state index is 12.6. The Balaban J connectivity index is 1.55. The van der Waals surface area contributed by atoms with E-state index >= 15 is 0 Å². The van der Waals surface area contributed by atoms with Gasteiger partial charge in [-0.1, -0.05) is 31.0 Å². The lowest BCUT2D eigenvalue weighted by molar-refractivity contribution is 0.0727. The molecule has 1 aliphatic carbocycles. The van der Waals surface area contributed by atoms with Gasteiger partial charge in [-0.25, -0.2) is 9.78 Å². The maximum Gasteiger partial charge on any atom is 0.345 e. The molecule has 5 nitrogen and oxygen atoms in total. The van der Waals surface area contributed by atoms with Gasteiger partial charge < -0.3 is 4.74 Å². The summed E-state index contributed by atoms with van der Waals surface area (Å²) in [5.74, 6) is 0.627. The molecule has 5 heteroatoms. The molecular weight excluding hydrogens is 338 g/mol. The summed E-state index contributed by atoms with van der Waals surface area (Å²) in [5.41, 5.74) is 3.11. The van der Waals surface area contributed by atoms with Crippen LogP contribution in [0.2, 0.25) is 0 Å². The first-order valence-electron chi connectivity index (χ1n) is 9.46. The van der Waals surface area contributed by atoms with Crippen LogP contribution >= 0.6 is 0 Å². The van der Waals surface area contributed by atoms with E-state index in [0.29, 0.717) is 17.4 Å². The lowest BCUT2D eigenvalue weighted by Crippen LogP contribution is -2.11. The van der Waals surface area contributed by atoms with Crippen molar-refractivity contribution in [3.8, 4) is 17.0 Å². The van der Waals surface area contributed by atoms with Gasteiger partial charge in [0.05, 0.1) is 11.8 Å². The third-order valence-electron chi connectivity index (χ3n) is 5.19. The fourth-order valence-corrected chi connectivity index (χ4v) is 3.70. The first kappa shape index (κ1) is 17.5. The SMILES string of the molecule is Cc1ccccc1C(=O)Oc1ncccc1-c1cnn(CC2CCCC2)c1. The fourth-order valence-electron chi connectivity index (χ4n) is 3.70. The highest BCUT2D eigenvalue weighted by atomic mass is 16.5. The van der Waals surface area contributed by atoms with Crippen LogP contribution in [0.25, 0.3) is 11.1 Å². The maximum atomic E-state index is 12.6. The molecule has 3 aromatic rings. The molecule has 0 unspecified atom stereocenters. The van der Waals surface area contributed by atoms with Gasteiger partial charge in [0.2, 0.25) is 5.88 Å². The summed E-state index contributed by atoms with van der Waals surface area (Å²) >= 11 is 0. The number of pyridine rings is 1. The Kier molecular flexibility index (Phi) is 5.01. The predicted octanol–water partition coefficient (Wildman–Crippen LogP) is 4.66. The molecule has 0 radical (unpaired) electrons. The smallest absolute Gasteiger partial charge is 0.345 e. The van der Waals surface area contributed by atoms with E-state index in [4.69, 9.17) is 4.74 Å². The zero-order chi connectivity index (χ0) is 18.6. The molecule has 0 atom stereocenters. The number of carbonyl (C=O) groups is 1. The number of hydrogen-bond donors (Lipinski definition) is 0. The number of aryl methyl sites for hydroxylation is 1. The lowest BCUT2D eigenvalue weighted by Gasteiger charge is -2.09. The van der Waals surface area contributed by atoms with E-state index in [-0.39, 0.29) is 0 Å². The normalized spacial score (nSPS) is 14.4. The van der Waals surface area contributed by atoms with Crippen LogP contribution in [0.5, 0.6) is 5.88 Å².